The molecule has 1 atom stereocenters. The Morgan fingerprint density at radius 1 is 0.938 bits per heavy atom. The largest absolute Gasteiger partial charge is 0.281 e. The minimum Gasteiger partial charge on any atom is -0.281 e. The van der Waals surface area contributed by atoms with Crippen molar-refractivity contribution in [3.8, 4) is 0 Å². The Bertz CT molecular complexity index is 1220. The monoisotopic (exact) mass is 431 g/mol. The second-order valence-electron chi connectivity index (χ2n) is 8.03. The van der Waals surface area contributed by atoms with E-state index in [1.54, 1.807) is 4.80 Å². The van der Waals surface area contributed by atoms with Crippen LogP contribution in [-0.2, 0) is 6.54 Å². The summed E-state index contributed by atoms with van der Waals surface area (Å²) in [4.78, 5) is 6.22. The van der Waals surface area contributed by atoms with Crippen molar-refractivity contribution >= 4 is 16.9 Å². The maximum absolute atomic E-state index is 14.1. The summed E-state index contributed by atoms with van der Waals surface area (Å²) in [5.74, 6) is -0.411. The van der Waals surface area contributed by atoms with Crippen LogP contribution in [0.25, 0.3) is 11.1 Å². The normalized spacial score (nSPS) is 18.3. The topological polar surface area (TPSA) is 56.0 Å². The second-order valence-corrected chi connectivity index (χ2v) is 8.03. The van der Waals surface area contributed by atoms with Crippen molar-refractivity contribution < 1.29 is 8.78 Å². The number of halogens is 2. The zero-order valence-corrected chi connectivity index (χ0v) is 17.8. The highest BCUT2D eigenvalue weighted by molar-refractivity contribution is 6.02. The van der Waals surface area contributed by atoms with Gasteiger partial charge in [-0.3, -0.25) is 4.99 Å². The molecule has 2 heterocycles. The molecular weight excluding hydrogens is 408 g/mol. The first-order valence-corrected chi connectivity index (χ1v) is 10.9. The van der Waals surface area contributed by atoms with Gasteiger partial charge in [-0.25, -0.2) is 8.78 Å². The van der Waals surface area contributed by atoms with E-state index in [4.69, 9.17) is 0 Å². The van der Waals surface area contributed by atoms with Crippen molar-refractivity contribution in [1.29, 1.82) is 0 Å². The van der Waals surface area contributed by atoms with E-state index in [1.165, 1.54) is 23.8 Å². The first kappa shape index (κ1) is 20.4. The number of allylic oxidation sites excluding steroid dienone is 4. The fourth-order valence-electron chi connectivity index (χ4n) is 4.28. The summed E-state index contributed by atoms with van der Waals surface area (Å²) < 4.78 is 28.2. The van der Waals surface area contributed by atoms with E-state index < -0.39 is 11.6 Å². The standard InChI is InChI=1S/C25H23F2N5/c1-2-32-30-25(29-31-32)19-12-8-17(9-13-19)16-6-10-18(11-7-16)22-14-15-23(28-22)24-20(26)4-3-5-21(24)27/h3-8,10-12,22H,2,9,13-15H2,1H3. The number of tetrazole rings is 1. The smallest absolute Gasteiger partial charge is 0.200 e. The lowest BCUT2D eigenvalue weighted by Crippen LogP contribution is -2.03. The molecule has 5 rings (SSSR count). The minimum absolute atomic E-state index is 0.00929. The molecule has 0 saturated heterocycles. The van der Waals surface area contributed by atoms with Crippen LogP contribution < -0.4 is 0 Å². The number of hydrogen-bond donors (Lipinski definition) is 0. The van der Waals surface area contributed by atoms with Gasteiger partial charge in [0.2, 0.25) is 5.82 Å². The quantitative estimate of drug-likeness (QED) is 0.532. The van der Waals surface area contributed by atoms with Gasteiger partial charge in [-0.15, -0.1) is 10.2 Å². The highest BCUT2D eigenvalue weighted by Crippen LogP contribution is 2.34. The van der Waals surface area contributed by atoms with Crippen molar-refractivity contribution in [3.63, 3.8) is 0 Å². The van der Waals surface area contributed by atoms with E-state index in [2.05, 4.69) is 56.8 Å². The number of aryl methyl sites for hydroxylation is 1. The molecule has 32 heavy (non-hydrogen) atoms. The van der Waals surface area contributed by atoms with E-state index in [1.807, 2.05) is 6.92 Å². The van der Waals surface area contributed by atoms with Crippen LogP contribution in [0.5, 0.6) is 0 Å². The van der Waals surface area contributed by atoms with Gasteiger partial charge >= 0.3 is 0 Å². The number of rotatable bonds is 5. The fourth-order valence-corrected chi connectivity index (χ4v) is 4.28. The molecule has 1 aromatic heterocycles. The van der Waals surface area contributed by atoms with Gasteiger partial charge in [0.25, 0.3) is 0 Å². The molecule has 7 heteroatoms. The molecule has 0 amide bonds. The Hall–Kier alpha value is -3.48. The highest BCUT2D eigenvalue weighted by atomic mass is 19.1. The lowest BCUT2D eigenvalue weighted by atomic mass is 9.92. The zero-order chi connectivity index (χ0) is 22.1. The second kappa shape index (κ2) is 8.57. The summed E-state index contributed by atoms with van der Waals surface area (Å²) >= 11 is 0. The van der Waals surface area contributed by atoms with Crippen molar-refractivity contribution in [2.24, 2.45) is 4.99 Å². The molecule has 1 aliphatic carbocycles. The molecule has 162 valence electrons. The van der Waals surface area contributed by atoms with Crippen molar-refractivity contribution in [3.05, 3.63) is 88.8 Å². The third kappa shape index (κ3) is 3.90. The van der Waals surface area contributed by atoms with Crippen molar-refractivity contribution in [1.82, 2.24) is 20.2 Å². The van der Waals surface area contributed by atoms with Crippen molar-refractivity contribution in [2.75, 3.05) is 0 Å². The van der Waals surface area contributed by atoms with Crippen LogP contribution in [0.3, 0.4) is 0 Å². The van der Waals surface area contributed by atoms with Crippen LogP contribution in [0.4, 0.5) is 8.78 Å². The summed E-state index contributed by atoms with van der Waals surface area (Å²) in [6, 6.07) is 12.2. The number of benzene rings is 2. The summed E-state index contributed by atoms with van der Waals surface area (Å²) in [6.07, 6.45) is 7.29. The Balaban J connectivity index is 1.32. The molecule has 2 aliphatic rings. The maximum Gasteiger partial charge on any atom is 0.200 e. The summed E-state index contributed by atoms with van der Waals surface area (Å²) in [7, 11) is 0. The van der Waals surface area contributed by atoms with Crippen molar-refractivity contribution in [2.45, 2.75) is 45.2 Å². The average Bonchev–Trinajstić information content (AvgIpc) is 3.50. The van der Waals surface area contributed by atoms with Gasteiger partial charge in [-0.1, -0.05) is 42.5 Å². The number of hydrogen-bond acceptors (Lipinski definition) is 4. The van der Waals surface area contributed by atoms with Gasteiger partial charge < -0.3 is 0 Å². The van der Waals surface area contributed by atoms with E-state index >= 15 is 0 Å². The molecule has 5 nitrogen and oxygen atoms in total. The van der Waals surface area contributed by atoms with Crippen LogP contribution in [0.2, 0.25) is 0 Å². The first-order valence-electron chi connectivity index (χ1n) is 10.9. The fraction of sp³-hybridized carbons (Fsp3) is 0.280. The summed E-state index contributed by atoms with van der Waals surface area (Å²) in [6.45, 7) is 2.69. The molecule has 3 aromatic rings. The molecule has 1 aliphatic heterocycles. The number of aliphatic imine (C=N–C) groups is 1. The van der Waals surface area contributed by atoms with Gasteiger partial charge in [0.05, 0.1) is 18.2 Å². The maximum atomic E-state index is 14.1. The predicted molar refractivity (Wildman–Crippen MR) is 120 cm³/mol. The number of nitrogens with zero attached hydrogens (tertiary/aromatic N) is 5. The zero-order valence-electron chi connectivity index (χ0n) is 17.8. The Kier molecular flexibility index (Phi) is 5.47. The molecule has 0 spiro atoms. The molecule has 0 radical (unpaired) electrons. The molecule has 0 saturated carbocycles. The number of aromatic nitrogens is 4. The van der Waals surface area contributed by atoms with Crippen LogP contribution in [-0.4, -0.2) is 25.9 Å². The van der Waals surface area contributed by atoms with Crippen LogP contribution in [0.15, 0.2) is 59.6 Å². The molecule has 1 unspecified atom stereocenters. The Morgan fingerprint density at radius 2 is 1.66 bits per heavy atom. The highest BCUT2D eigenvalue weighted by Gasteiger charge is 2.24. The van der Waals surface area contributed by atoms with Gasteiger partial charge in [-0.2, -0.15) is 4.80 Å². The molecular formula is C25H23F2N5. The third-order valence-electron chi connectivity index (χ3n) is 6.06. The summed E-state index contributed by atoms with van der Waals surface area (Å²) in [5.41, 5.74) is 5.10. The van der Waals surface area contributed by atoms with Gasteiger partial charge in [0.15, 0.2) is 0 Å². The molecule has 2 aromatic carbocycles. The molecule has 0 N–H and O–H groups in total. The van der Waals surface area contributed by atoms with Gasteiger partial charge in [0.1, 0.15) is 11.6 Å². The lowest BCUT2D eigenvalue weighted by Gasteiger charge is -2.14. The third-order valence-corrected chi connectivity index (χ3v) is 6.06. The van der Waals surface area contributed by atoms with Crippen LogP contribution in [0, 0.1) is 11.6 Å². The van der Waals surface area contributed by atoms with Crippen LogP contribution >= 0.6 is 0 Å². The first-order chi connectivity index (χ1) is 15.6. The Morgan fingerprint density at radius 3 is 2.31 bits per heavy atom. The van der Waals surface area contributed by atoms with E-state index in [0.717, 1.165) is 36.0 Å². The van der Waals surface area contributed by atoms with Gasteiger partial charge in [0, 0.05) is 11.3 Å². The average molecular weight is 431 g/mol. The van der Waals surface area contributed by atoms with E-state index in [9.17, 15) is 8.78 Å². The van der Waals surface area contributed by atoms with E-state index in [0.29, 0.717) is 24.5 Å². The molecule has 0 bridgehead atoms. The van der Waals surface area contributed by atoms with Gasteiger partial charge in [-0.05, 0) is 66.7 Å². The Labute approximate surface area is 185 Å². The van der Waals surface area contributed by atoms with Crippen LogP contribution in [0.1, 0.15) is 61.2 Å². The lowest BCUT2D eigenvalue weighted by molar-refractivity contribution is 0.552. The predicted octanol–water partition coefficient (Wildman–Crippen LogP) is 5.56. The minimum atomic E-state index is -0.552. The molecule has 0 fully saturated rings. The summed E-state index contributed by atoms with van der Waals surface area (Å²) in [5, 5.41) is 12.5. The van der Waals surface area contributed by atoms with E-state index in [-0.39, 0.29) is 11.6 Å². The SMILES string of the molecule is CCn1nnc(C2=CC=C(c3ccc(C4CCC(c5c(F)cccc5F)=N4)cc3)CC2)n1.